The molecule has 136 valence electrons. The van der Waals surface area contributed by atoms with E-state index in [9.17, 15) is 9.59 Å². The molecule has 2 aliphatic rings. The van der Waals surface area contributed by atoms with Gasteiger partial charge in [0.2, 0.25) is 0 Å². The Balaban J connectivity index is 1.74. The van der Waals surface area contributed by atoms with E-state index in [2.05, 4.69) is 22.6 Å². The van der Waals surface area contributed by atoms with Gasteiger partial charge in [0.25, 0.3) is 5.91 Å². The predicted octanol–water partition coefficient (Wildman–Crippen LogP) is 4.17. The fraction of sp³-hybridized carbons (Fsp3) is 0.556. The smallest absolute Gasteiger partial charge is 0.410 e. The molecule has 0 aromatic heterocycles. The van der Waals surface area contributed by atoms with Gasteiger partial charge in [-0.25, -0.2) is 4.79 Å². The van der Waals surface area contributed by atoms with E-state index in [0.29, 0.717) is 30.2 Å². The van der Waals surface area contributed by atoms with Crippen LogP contribution in [0, 0.1) is 3.57 Å². The van der Waals surface area contributed by atoms with E-state index in [1.807, 2.05) is 37.8 Å². The van der Waals surface area contributed by atoms with Crippen molar-refractivity contribution < 1.29 is 14.3 Å². The molecule has 1 aromatic carbocycles. The Morgan fingerprint density at radius 3 is 2.44 bits per heavy atom. The minimum Gasteiger partial charge on any atom is -0.444 e. The van der Waals surface area contributed by atoms with E-state index in [1.54, 1.807) is 11.0 Å². The van der Waals surface area contributed by atoms with Gasteiger partial charge in [-0.2, -0.15) is 0 Å². The Morgan fingerprint density at radius 2 is 1.88 bits per heavy atom. The zero-order valence-corrected chi connectivity index (χ0v) is 17.6. The van der Waals surface area contributed by atoms with Gasteiger partial charge in [0.1, 0.15) is 5.60 Å². The van der Waals surface area contributed by atoms with Gasteiger partial charge >= 0.3 is 6.09 Å². The summed E-state index contributed by atoms with van der Waals surface area (Å²) in [6.07, 6.45) is 1.52. The Labute approximate surface area is 166 Å². The SMILES string of the molecule is CC(C)(C)OC(=O)N1CCN(C(=O)c2cc(Cl)cc(I)c2)C2(CC2)C1. The van der Waals surface area contributed by atoms with Gasteiger partial charge in [0.15, 0.2) is 0 Å². The number of halogens is 2. The van der Waals surface area contributed by atoms with Crippen molar-refractivity contribution in [2.45, 2.75) is 44.8 Å². The molecule has 0 unspecified atom stereocenters. The molecule has 0 radical (unpaired) electrons. The van der Waals surface area contributed by atoms with Crippen molar-refractivity contribution in [3.8, 4) is 0 Å². The average molecular weight is 477 g/mol. The second-order valence-electron chi connectivity index (χ2n) is 7.74. The molecular weight excluding hydrogens is 455 g/mol. The topological polar surface area (TPSA) is 49.9 Å². The highest BCUT2D eigenvalue weighted by atomic mass is 127. The highest BCUT2D eigenvalue weighted by molar-refractivity contribution is 14.1. The molecule has 0 atom stereocenters. The van der Waals surface area contributed by atoms with Crippen LogP contribution in [-0.4, -0.2) is 52.6 Å². The molecule has 1 spiro atoms. The van der Waals surface area contributed by atoms with Gasteiger partial charge in [-0.3, -0.25) is 4.79 Å². The lowest BCUT2D eigenvalue weighted by Gasteiger charge is -2.42. The molecule has 0 N–H and O–H groups in total. The number of rotatable bonds is 1. The van der Waals surface area contributed by atoms with Crippen molar-refractivity contribution in [2.24, 2.45) is 0 Å². The number of amides is 2. The number of benzene rings is 1. The van der Waals surface area contributed by atoms with Gasteiger partial charge in [0, 0.05) is 33.8 Å². The maximum Gasteiger partial charge on any atom is 0.410 e. The summed E-state index contributed by atoms with van der Waals surface area (Å²) in [6, 6.07) is 5.39. The van der Waals surface area contributed by atoms with E-state index < -0.39 is 5.60 Å². The molecule has 2 fully saturated rings. The summed E-state index contributed by atoms with van der Waals surface area (Å²) in [5, 5.41) is 0.562. The van der Waals surface area contributed by atoms with Crippen molar-refractivity contribution in [1.29, 1.82) is 0 Å². The minimum absolute atomic E-state index is 0.0123. The number of hydrogen-bond donors (Lipinski definition) is 0. The van der Waals surface area contributed by atoms with Crippen molar-refractivity contribution in [1.82, 2.24) is 9.80 Å². The number of nitrogens with zero attached hydrogens (tertiary/aromatic N) is 2. The van der Waals surface area contributed by atoms with Crippen LogP contribution in [0.15, 0.2) is 18.2 Å². The van der Waals surface area contributed by atoms with Crippen LogP contribution in [0.3, 0.4) is 0 Å². The zero-order chi connectivity index (χ0) is 18.4. The summed E-state index contributed by atoms with van der Waals surface area (Å²) in [4.78, 5) is 29.0. The van der Waals surface area contributed by atoms with Crippen LogP contribution in [-0.2, 0) is 4.74 Å². The molecule has 1 heterocycles. The highest BCUT2D eigenvalue weighted by Crippen LogP contribution is 2.45. The molecule has 1 aliphatic heterocycles. The third-order valence-electron chi connectivity index (χ3n) is 4.48. The second kappa shape index (κ2) is 6.61. The molecule has 1 aromatic rings. The van der Waals surface area contributed by atoms with Crippen molar-refractivity contribution in [2.75, 3.05) is 19.6 Å². The van der Waals surface area contributed by atoms with Crippen LogP contribution in [0.4, 0.5) is 4.79 Å². The van der Waals surface area contributed by atoms with E-state index in [0.717, 1.165) is 16.4 Å². The maximum absolute atomic E-state index is 13.0. The standard InChI is InChI=1S/C18H22ClIN2O3/c1-17(2,3)25-16(24)21-6-7-22(18(11-21)4-5-18)15(23)12-8-13(19)10-14(20)9-12/h8-10H,4-7,11H2,1-3H3. The van der Waals surface area contributed by atoms with Gasteiger partial charge in [-0.1, -0.05) is 11.6 Å². The van der Waals surface area contributed by atoms with Gasteiger partial charge in [-0.15, -0.1) is 0 Å². The van der Waals surface area contributed by atoms with Crippen LogP contribution < -0.4 is 0 Å². The number of hydrogen-bond acceptors (Lipinski definition) is 3. The predicted molar refractivity (Wildman–Crippen MR) is 105 cm³/mol. The Bertz CT molecular complexity index is 693. The first-order chi connectivity index (χ1) is 11.6. The van der Waals surface area contributed by atoms with E-state index in [4.69, 9.17) is 16.3 Å². The molecule has 0 bridgehead atoms. The van der Waals surface area contributed by atoms with Crippen LogP contribution in [0.1, 0.15) is 44.0 Å². The number of carbonyl (C=O) groups is 2. The highest BCUT2D eigenvalue weighted by Gasteiger charge is 2.54. The van der Waals surface area contributed by atoms with Crippen molar-refractivity contribution >= 4 is 46.2 Å². The number of piperazine rings is 1. The van der Waals surface area contributed by atoms with Gasteiger partial charge in [-0.05, 0) is 74.4 Å². The summed E-state index contributed by atoms with van der Waals surface area (Å²) < 4.78 is 6.41. The normalized spacial score (nSPS) is 19.1. The van der Waals surface area contributed by atoms with Gasteiger partial charge < -0.3 is 14.5 Å². The molecule has 3 rings (SSSR count). The molecule has 1 aliphatic carbocycles. The van der Waals surface area contributed by atoms with Crippen molar-refractivity contribution in [3.05, 3.63) is 32.4 Å². The first-order valence-electron chi connectivity index (χ1n) is 8.36. The second-order valence-corrected chi connectivity index (χ2v) is 9.42. The third kappa shape index (κ3) is 4.22. The molecule has 1 saturated carbocycles. The van der Waals surface area contributed by atoms with Gasteiger partial charge in [0.05, 0.1) is 5.54 Å². The van der Waals surface area contributed by atoms with Crippen LogP contribution >= 0.6 is 34.2 Å². The lowest BCUT2D eigenvalue weighted by Crippen LogP contribution is -2.58. The molecule has 7 heteroatoms. The Kier molecular flexibility index (Phi) is 4.96. The molecule has 5 nitrogen and oxygen atoms in total. The lowest BCUT2D eigenvalue weighted by molar-refractivity contribution is 0.000634. The molecular formula is C18H22ClIN2O3. The number of ether oxygens (including phenoxy) is 1. The monoisotopic (exact) mass is 476 g/mol. The fourth-order valence-corrected chi connectivity index (χ4v) is 4.27. The zero-order valence-electron chi connectivity index (χ0n) is 14.6. The summed E-state index contributed by atoms with van der Waals surface area (Å²) in [7, 11) is 0. The fourth-order valence-electron chi connectivity index (χ4n) is 3.18. The Hall–Kier alpha value is -1.02. The first kappa shape index (κ1) is 18.8. The summed E-state index contributed by atoms with van der Waals surface area (Å²) in [5.74, 6) is -0.0123. The summed E-state index contributed by atoms with van der Waals surface area (Å²) >= 11 is 8.26. The van der Waals surface area contributed by atoms with Crippen LogP contribution in [0.2, 0.25) is 5.02 Å². The third-order valence-corrected chi connectivity index (χ3v) is 5.33. The van der Waals surface area contributed by atoms with E-state index >= 15 is 0 Å². The minimum atomic E-state index is -0.516. The molecule has 1 saturated heterocycles. The lowest BCUT2D eigenvalue weighted by atomic mass is 10.1. The van der Waals surface area contributed by atoms with Crippen molar-refractivity contribution in [3.63, 3.8) is 0 Å². The van der Waals surface area contributed by atoms with E-state index in [-0.39, 0.29) is 17.5 Å². The molecule has 2 amide bonds. The summed E-state index contributed by atoms with van der Waals surface area (Å²) in [6.45, 7) is 7.11. The summed E-state index contributed by atoms with van der Waals surface area (Å²) in [5.41, 5.74) is -0.160. The average Bonchev–Trinajstić information content (AvgIpc) is 3.23. The van der Waals surface area contributed by atoms with E-state index in [1.165, 1.54) is 0 Å². The van der Waals surface area contributed by atoms with Crippen LogP contribution in [0.5, 0.6) is 0 Å². The Morgan fingerprint density at radius 1 is 1.20 bits per heavy atom. The largest absolute Gasteiger partial charge is 0.444 e. The maximum atomic E-state index is 13.0. The number of carbonyl (C=O) groups excluding carboxylic acids is 2. The first-order valence-corrected chi connectivity index (χ1v) is 9.81. The quantitative estimate of drug-likeness (QED) is 0.572. The van der Waals surface area contributed by atoms with Crippen LogP contribution in [0.25, 0.3) is 0 Å². The molecule has 25 heavy (non-hydrogen) atoms.